The summed E-state index contributed by atoms with van der Waals surface area (Å²) in [6, 6.07) is 0.200. The lowest BCUT2D eigenvalue weighted by atomic mass is 9.80. The van der Waals surface area contributed by atoms with Crippen molar-refractivity contribution >= 4 is 10.0 Å². The third-order valence-electron chi connectivity index (χ3n) is 3.87. The molecular formula is C12H22N4O2S. The molecule has 1 aromatic rings. The van der Waals surface area contributed by atoms with Crippen LogP contribution in [0.4, 0.5) is 0 Å². The summed E-state index contributed by atoms with van der Waals surface area (Å²) in [6.45, 7) is 8.63. The number of sulfonamides is 1. The van der Waals surface area contributed by atoms with Gasteiger partial charge in [-0.25, -0.2) is 13.6 Å². The molecular weight excluding hydrogens is 264 g/mol. The van der Waals surface area contributed by atoms with Gasteiger partial charge in [0.15, 0.2) is 0 Å². The number of primary sulfonamides is 1. The lowest BCUT2D eigenvalue weighted by Gasteiger charge is -2.26. The van der Waals surface area contributed by atoms with Crippen LogP contribution in [0.1, 0.15) is 52.4 Å². The molecule has 1 heterocycles. The van der Waals surface area contributed by atoms with Crippen LogP contribution in [0, 0.1) is 11.3 Å². The van der Waals surface area contributed by atoms with Gasteiger partial charge in [-0.3, -0.25) is 4.57 Å². The second-order valence-corrected chi connectivity index (χ2v) is 7.97. The van der Waals surface area contributed by atoms with Crippen LogP contribution in [-0.4, -0.2) is 23.2 Å². The Morgan fingerprint density at radius 3 is 2.37 bits per heavy atom. The molecule has 1 aliphatic carbocycles. The van der Waals surface area contributed by atoms with Crippen LogP contribution in [0.2, 0.25) is 0 Å². The Hall–Kier alpha value is -0.950. The van der Waals surface area contributed by atoms with E-state index in [1.165, 1.54) is 0 Å². The van der Waals surface area contributed by atoms with E-state index in [0.717, 1.165) is 18.7 Å². The lowest BCUT2D eigenvalue weighted by Crippen LogP contribution is -2.23. The molecule has 1 saturated carbocycles. The van der Waals surface area contributed by atoms with E-state index in [1.807, 2.05) is 0 Å². The maximum absolute atomic E-state index is 11.5. The zero-order chi connectivity index (χ0) is 14.4. The van der Waals surface area contributed by atoms with Crippen molar-refractivity contribution in [3.63, 3.8) is 0 Å². The van der Waals surface area contributed by atoms with E-state index < -0.39 is 10.0 Å². The van der Waals surface area contributed by atoms with Crippen LogP contribution in [0.15, 0.2) is 5.16 Å². The van der Waals surface area contributed by atoms with Gasteiger partial charge in [0, 0.05) is 12.5 Å². The van der Waals surface area contributed by atoms with Crippen molar-refractivity contribution in [2.24, 2.45) is 16.5 Å². The molecule has 1 aromatic heterocycles. The van der Waals surface area contributed by atoms with Crippen LogP contribution in [0.5, 0.6) is 0 Å². The molecule has 6 nitrogen and oxygen atoms in total. The quantitative estimate of drug-likeness (QED) is 0.907. The summed E-state index contributed by atoms with van der Waals surface area (Å²) in [6.07, 6.45) is 2.65. The molecule has 2 rings (SSSR count). The number of nitrogens with two attached hydrogens (primary N) is 1. The van der Waals surface area contributed by atoms with E-state index in [9.17, 15) is 8.42 Å². The maximum Gasteiger partial charge on any atom is 0.273 e. The number of hydrogen-bond acceptors (Lipinski definition) is 4. The standard InChI is InChI=1S/C12H22N4O2S/c1-8(12(2,3)4)7-10-14-15-11(19(13,17)18)16(10)9-5-6-9/h8-9H,5-7H2,1-4H3,(H2,13,17,18). The first-order valence-corrected chi connectivity index (χ1v) is 8.12. The Morgan fingerprint density at radius 1 is 1.37 bits per heavy atom. The smallest absolute Gasteiger partial charge is 0.273 e. The van der Waals surface area contributed by atoms with E-state index >= 15 is 0 Å². The molecule has 0 aliphatic heterocycles. The third kappa shape index (κ3) is 3.14. The third-order valence-corrected chi connectivity index (χ3v) is 4.66. The van der Waals surface area contributed by atoms with Gasteiger partial charge in [-0.15, -0.1) is 10.2 Å². The van der Waals surface area contributed by atoms with Gasteiger partial charge in [-0.05, 0) is 24.2 Å². The molecule has 1 aliphatic rings. The molecule has 1 fully saturated rings. The first-order chi connectivity index (χ1) is 8.60. The van der Waals surface area contributed by atoms with Gasteiger partial charge in [0.25, 0.3) is 15.2 Å². The van der Waals surface area contributed by atoms with E-state index in [1.54, 1.807) is 4.57 Å². The Balaban J connectivity index is 2.35. The van der Waals surface area contributed by atoms with Crippen molar-refractivity contribution in [1.29, 1.82) is 0 Å². The largest absolute Gasteiger partial charge is 0.298 e. The Labute approximate surface area is 114 Å². The van der Waals surface area contributed by atoms with E-state index in [0.29, 0.717) is 12.3 Å². The predicted molar refractivity (Wildman–Crippen MR) is 72.0 cm³/mol. The second-order valence-electron chi connectivity index (χ2n) is 6.52. The average Bonchev–Trinajstić information content (AvgIpc) is 2.97. The minimum Gasteiger partial charge on any atom is -0.298 e. The number of aromatic nitrogens is 3. The second kappa shape index (κ2) is 4.56. The summed E-state index contributed by atoms with van der Waals surface area (Å²) in [4.78, 5) is 0. The summed E-state index contributed by atoms with van der Waals surface area (Å²) in [5, 5.41) is 12.9. The monoisotopic (exact) mass is 286 g/mol. The van der Waals surface area contributed by atoms with Crippen LogP contribution in [0.25, 0.3) is 0 Å². The summed E-state index contributed by atoms with van der Waals surface area (Å²) in [7, 11) is -3.80. The highest BCUT2D eigenvalue weighted by atomic mass is 32.2. The fourth-order valence-electron chi connectivity index (χ4n) is 1.92. The minimum absolute atomic E-state index is 0.0916. The van der Waals surface area contributed by atoms with Crippen LogP contribution < -0.4 is 5.14 Å². The fourth-order valence-corrected chi connectivity index (χ4v) is 2.60. The van der Waals surface area contributed by atoms with Crippen molar-refractivity contribution in [1.82, 2.24) is 14.8 Å². The predicted octanol–water partition coefficient (Wildman–Crippen LogP) is 1.49. The van der Waals surface area contributed by atoms with Gasteiger partial charge in [0.2, 0.25) is 0 Å². The van der Waals surface area contributed by atoms with Crippen molar-refractivity contribution in [3.05, 3.63) is 5.82 Å². The highest BCUT2D eigenvalue weighted by Gasteiger charge is 2.34. The van der Waals surface area contributed by atoms with E-state index in [4.69, 9.17) is 5.14 Å². The Morgan fingerprint density at radius 2 is 1.95 bits per heavy atom. The summed E-state index contributed by atoms with van der Waals surface area (Å²) >= 11 is 0. The van der Waals surface area contributed by atoms with Gasteiger partial charge in [-0.1, -0.05) is 27.7 Å². The topological polar surface area (TPSA) is 90.9 Å². The number of nitrogens with zero attached hydrogens (tertiary/aromatic N) is 3. The molecule has 0 bridgehead atoms. The first kappa shape index (κ1) is 14.5. The molecule has 0 radical (unpaired) electrons. The van der Waals surface area contributed by atoms with Crippen LogP contribution >= 0.6 is 0 Å². The highest BCUT2D eigenvalue weighted by Crippen LogP contribution is 2.38. The normalized spacial score (nSPS) is 18.6. The molecule has 7 heteroatoms. The van der Waals surface area contributed by atoms with Crippen molar-refractivity contribution in [3.8, 4) is 0 Å². The summed E-state index contributed by atoms with van der Waals surface area (Å²) in [5.41, 5.74) is 0.141. The molecule has 0 aromatic carbocycles. The Bertz CT molecular complexity index is 567. The molecule has 0 amide bonds. The number of rotatable bonds is 4. The fraction of sp³-hybridized carbons (Fsp3) is 0.833. The van der Waals surface area contributed by atoms with Crippen LogP contribution in [0.3, 0.4) is 0 Å². The van der Waals surface area contributed by atoms with E-state index in [2.05, 4.69) is 37.9 Å². The lowest BCUT2D eigenvalue weighted by molar-refractivity contribution is 0.254. The van der Waals surface area contributed by atoms with Crippen molar-refractivity contribution in [2.45, 2.75) is 58.2 Å². The molecule has 1 unspecified atom stereocenters. The van der Waals surface area contributed by atoms with Crippen molar-refractivity contribution in [2.75, 3.05) is 0 Å². The average molecular weight is 286 g/mol. The van der Waals surface area contributed by atoms with Gasteiger partial charge >= 0.3 is 0 Å². The highest BCUT2D eigenvalue weighted by molar-refractivity contribution is 7.89. The molecule has 1 atom stereocenters. The van der Waals surface area contributed by atoms with Gasteiger partial charge in [0.05, 0.1) is 0 Å². The molecule has 19 heavy (non-hydrogen) atoms. The molecule has 2 N–H and O–H groups in total. The van der Waals surface area contributed by atoms with Crippen molar-refractivity contribution < 1.29 is 8.42 Å². The summed E-state index contributed by atoms with van der Waals surface area (Å²) in [5.74, 6) is 1.11. The van der Waals surface area contributed by atoms with Gasteiger partial charge in [-0.2, -0.15) is 0 Å². The first-order valence-electron chi connectivity index (χ1n) is 6.57. The minimum atomic E-state index is -3.80. The zero-order valence-corrected chi connectivity index (χ0v) is 12.7. The van der Waals surface area contributed by atoms with E-state index in [-0.39, 0.29) is 16.6 Å². The van der Waals surface area contributed by atoms with Gasteiger partial charge < -0.3 is 0 Å². The van der Waals surface area contributed by atoms with Gasteiger partial charge in [0.1, 0.15) is 5.82 Å². The SMILES string of the molecule is CC(Cc1nnc(S(N)(=O)=O)n1C1CC1)C(C)(C)C. The molecule has 108 valence electrons. The Kier molecular flexibility index (Phi) is 3.47. The number of hydrogen-bond donors (Lipinski definition) is 1. The molecule has 0 saturated heterocycles. The summed E-state index contributed by atoms with van der Waals surface area (Å²) < 4.78 is 24.8. The molecule has 0 spiro atoms. The maximum atomic E-state index is 11.5. The zero-order valence-electron chi connectivity index (χ0n) is 11.9. The van der Waals surface area contributed by atoms with Crippen LogP contribution in [-0.2, 0) is 16.4 Å².